The number of hydrogen-bond acceptors (Lipinski definition) is 3. The molecule has 0 bridgehead atoms. The average Bonchev–Trinajstić information content (AvgIpc) is 2.30. The molecule has 1 aromatic rings. The zero-order valence-corrected chi connectivity index (χ0v) is 11.0. The van der Waals surface area contributed by atoms with Crippen LogP contribution in [0.2, 0.25) is 0 Å². The van der Waals surface area contributed by atoms with Crippen LogP contribution in [0, 0.1) is 6.92 Å². The maximum Gasteiger partial charge on any atom is 0.337 e. The Labute approximate surface area is 110 Å². The van der Waals surface area contributed by atoms with E-state index in [1.165, 1.54) is 26.0 Å². The lowest BCUT2D eigenvalue weighted by atomic mass is 10.1. The third-order valence-corrected chi connectivity index (χ3v) is 2.48. The Morgan fingerprint density at radius 1 is 1.26 bits per heavy atom. The van der Waals surface area contributed by atoms with E-state index in [0.29, 0.717) is 0 Å². The Hall–Kier alpha value is -2.37. The second kappa shape index (κ2) is 5.99. The number of rotatable bonds is 4. The third kappa shape index (κ3) is 4.09. The predicted octanol–water partition coefficient (Wildman–Crippen LogP) is 1.16. The van der Waals surface area contributed by atoms with E-state index in [4.69, 9.17) is 5.11 Å². The van der Waals surface area contributed by atoms with Gasteiger partial charge in [-0.05, 0) is 26.0 Å². The van der Waals surface area contributed by atoms with Gasteiger partial charge in [-0.25, -0.2) is 4.79 Å². The smallest absolute Gasteiger partial charge is 0.337 e. The zero-order valence-electron chi connectivity index (χ0n) is 11.0. The highest BCUT2D eigenvalue weighted by Crippen LogP contribution is 2.17. The van der Waals surface area contributed by atoms with Gasteiger partial charge < -0.3 is 15.7 Å². The standard InChI is InChI=1S/C13H16N2O4/c1-7-4-5-11(10(6-7)13(18)19)15-12(17)8(2)14-9(3)16/h4-6,8H,1-3H3,(H,14,16)(H,15,17)(H,18,19). The minimum atomic E-state index is -1.12. The second-order valence-corrected chi connectivity index (χ2v) is 4.27. The van der Waals surface area contributed by atoms with Crippen molar-refractivity contribution in [3.05, 3.63) is 29.3 Å². The van der Waals surface area contributed by atoms with E-state index < -0.39 is 17.9 Å². The van der Waals surface area contributed by atoms with Gasteiger partial charge in [-0.2, -0.15) is 0 Å². The number of carboxylic acid groups (broad SMARTS) is 1. The first-order valence-corrected chi connectivity index (χ1v) is 5.73. The summed E-state index contributed by atoms with van der Waals surface area (Å²) in [6.07, 6.45) is 0. The van der Waals surface area contributed by atoms with E-state index in [2.05, 4.69) is 10.6 Å². The van der Waals surface area contributed by atoms with Gasteiger partial charge in [-0.3, -0.25) is 9.59 Å². The molecule has 1 unspecified atom stereocenters. The van der Waals surface area contributed by atoms with Gasteiger partial charge in [0, 0.05) is 6.92 Å². The van der Waals surface area contributed by atoms with E-state index in [1.807, 2.05) is 0 Å². The molecule has 6 nitrogen and oxygen atoms in total. The first kappa shape index (κ1) is 14.7. The molecule has 2 amide bonds. The fraction of sp³-hybridized carbons (Fsp3) is 0.308. The lowest BCUT2D eigenvalue weighted by Crippen LogP contribution is -2.40. The van der Waals surface area contributed by atoms with Crippen molar-refractivity contribution in [3.63, 3.8) is 0 Å². The van der Waals surface area contributed by atoms with Gasteiger partial charge in [-0.15, -0.1) is 0 Å². The highest BCUT2D eigenvalue weighted by Gasteiger charge is 2.17. The van der Waals surface area contributed by atoms with Crippen LogP contribution in [-0.2, 0) is 9.59 Å². The molecule has 6 heteroatoms. The van der Waals surface area contributed by atoms with Crippen molar-refractivity contribution in [3.8, 4) is 0 Å². The molecule has 0 aliphatic rings. The van der Waals surface area contributed by atoms with Crippen molar-refractivity contribution < 1.29 is 19.5 Å². The highest BCUT2D eigenvalue weighted by molar-refractivity contribution is 6.02. The van der Waals surface area contributed by atoms with Crippen LogP contribution in [0.4, 0.5) is 5.69 Å². The van der Waals surface area contributed by atoms with Gasteiger partial charge >= 0.3 is 5.97 Å². The second-order valence-electron chi connectivity index (χ2n) is 4.27. The molecule has 0 saturated heterocycles. The number of hydrogen-bond donors (Lipinski definition) is 3. The van der Waals surface area contributed by atoms with Crippen LogP contribution in [0.15, 0.2) is 18.2 Å². The summed E-state index contributed by atoms with van der Waals surface area (Å²) in [4.78, 5) is 33.7. The first-order valence-electron chi connectivity index (χ1n) is 5.73. The summed E-state index contributed by atoms with van der Waals surface area (Å²) in [5, 5.41) is 14.0. The van der Waals surface area contributed by atoms with Crippen LogP contribution in [0.5, 0.6) is 0 Å². The number of carbonyl (C=O) groups is 3. The van der Waals surface area contributed by atoms with Crippen molar-refractivity contribution in [1.29, 1.82) is 0 Å². The van der Waals surface area contributed by atoms with E-state index >= 15 is 0 Å². The summed E-state index contributed by atoms with van der Waals surface area (Å²) in [5.41, 5.74) is 1.01. The minimum Gasteiger partial charge on any atom is -0.478 e. The molecule has 0 heterocycles. The number of carboxylic acids is 1. The Morgan fingerprint density at radius 2 is 1.89 bits per heavy atom. The normalized spacial score (nSPS) is 11.5. The number of benzene rings is 1. The lowest BCUT2D eigenvalue weighted by molar-refractivity contribution is -0.124. The van der Waals surface area contributed by atoms with Crippen LogP contribution < -0.4 is 10.6 Å². The van der Waals surface area contributed by atoms with Gasteiger partial charge in [-0.1, -0.05) is 11.6 Å². The van der Waals surface area contributed by atoms with Crippen LogP contribution in [0.1, 0.15) is 29.8 Å². The number of aryl methyl sites for hydroxylation is 1. The van der Waals surface area contributed by atoms with E-state index in [1.54, 1.807) is 13.0 Å². The molecule has 0 aromatic heterocycles. The highest BCUT2D eigenvalue weighted by atomic mass is 16.4. The van der Waals surface area contributed by atoms with Gasteiger partial charge in [0.15, 0.2) is 0 Å². The Kier molecular flexibility index (Phi) is 4.63. The summed E-state index contributed by atoms with van der Waals surface area (Å²) in [7, 11) is 0. The fourth-order valence-electron chi connectivity index (χ4n) is 1.56. The monoisotopic (exact) mass is 264 g/mol. The predicted molar refractivity (Wildman–Crippen MR) is 70.0 cm³/mol. The van der Waals surface area contributed by atoms with Gasteiger partial charge in [0.1, 0.15) is 6.04 Å². The largest absolute Gasteiger partial charge is 0.478 e. The van der Waals surface area contributed by atoms with E-state index in [9.17, 15) is 14.4 Å². The van der Waals surface area contributed by atoms with Crippen LogP contribution in [-0.4, -0.2) is 28.9 Å². The summed E-state index contributed by atoms with van der Waals surface area (Å²) >= 11 is 0. The molecule has 1 rings (SSSR count). The molecule has 0 radical (unpaired) electrons. The van der Waals surface area contributed by atoms with Crippen molar-refractivity contribution >= 4 is 23.5 Å². The molecular weight excluding hydrogens is 248 g/mol. The lowest BCUT2D eigenvalue weighted by Gasteiger charge is -2.14. The molecule has 0 fully saturated rings. The maximum absolute atomic E-state index is 11.8. The van der Waals surface area contributed by atoms with Crippen molar-refractivity contribution in [2.75, 3.05) is 5.32 Å². The maximum atomic E-state index is 11.8. The van der Waals surface area contributed by atoms with Gasteiger partial charge in [0.2, 0.25) is 11.8 Å². The number of anilines is 1. The Morgan fingerprint density at radius 3 is 2.42 bits per heavy atom. The van der Waals surface area contributed by atoms with Crippen molar-refractivity contribution in [1.82, 2.24) is 5.32 Å². The van der Waals surface area contributed by atoms with Gasteiger partial charge in [0.25, 0.3) is 0 Å². The molecule has 3 N–H and O–H groups in total. The number of aromatic carboxylic acids is 1. The van der Waals surface area contributed by atoms with Crippen molar-refractivity contribution in [2.45, 2.75) is 26.8 Å². The molecule has 0 aliphatic carbocycles. The fourth-order valence-corrected chi connectivity index (χ4v) is 1.56. The quantitative estimate of drug-likeness (QED) is 0.760. The van der Waals surface area contributed by atoms with Crippen LogP contribution >= 0.6 is 0 Å². The topological polar surface area (TPSA) is 95.5 Å². The number of amides is 2. The molecular formula is C13H16N2O4. The van der Waals surface area contributed by atoms with Crippen LogP contribution in [0.3, 0.4) is 0 Å². The van der Waals surface area contributed by atoms with E-state index in [-0.39, 0.29) is 17.2 Å². The molecule has 0 spiro atoms. The third-order valence-electron chi connectivity index (χ3n) is 2.48. The summed E-state index contributed by atoms with van der Waals surface area (Å²) < 4.78 is 0. The molecule has 1 aromatic carbocycles. The number of nitrogens with one attached hydrogen (secondary N) is 2. The SMILES string of the molecule is CC(=O)NC(C)C(=O)Nc1ccc(C)cc1C(=O)O. The summed E-state index contributed by atoms with van der Waals surface area (Å²) in [6.45, 7) is 4.58. The summed E-state index contributed by atoms with van der Waals surface area (Å²) in [5.74, 6) is -1.92. The molecule has 1 atom stereocenters. The minimum absolute atomic E-state index is 0.0170. The number of carbonyl (C=O) groups excluding carboxylic acids is 2. The van der Waals surface area contributed by atoms with Gasteiger partial charge in [0.05, 0.1) is 11.3 Å². The molecule has 0 saturated carbocycles. The summed E-state index contributed by atoms with van der Waals surface area (Å²) in [6, 6.07) is 3.96. The Balaban J connectivity index is 2.90. The zero-order chi connectivity index (χ0) is 14.6. The Bertz CT molecular complexity index is 525. The van der Waals surface area contributed by atoms with E-state index in [0.717, 1.165) is 5.56 Å². The molecule has 102 valence electrons. The molecule has 19 heavy (non-hydrogen) atoms. The van der Waals surface area contributed by atoms with Crippen LogP contribution in [0.25, 0.3) is 0 Å². The first-order chi connectivity index (χ1) is 8.81. The average molecular weight is 264 g/mol. The molecule has 0 aliphatic heterocycles. The van der Waals surface area contributed by atoms with Crippen molar-refractivity contribution in [2.24, 2.45) is 0 Å².